The van der Waals surface area contributed by atoms with E-state index in [0.29, 0.717) is 6.54 Å². The minimum Gasteiger partial charge on any atom is -0.297 e. The number of nitrogens with one attached hydrogen (secondary N) is 1. The first kappa shape index (κ1) is 9.75. The SMILES string of the molecule is C#CC(CC)NCc1ncnn1C. The van der Waals surface area contributed by atoms with E-state index in [2.05, 4.69) is 21.3 Å². The van der Waals surface area contributed by atoms with Gasteiger partial charge in [0.25, 0.3) is 0 Å². The summed E-state index contributed by atoms with van der Waals surface area (Å²) in [4.78, 5) is 4.08. The second-order valence-corrected chi connectivity index (χ2v) is 2.81. The molecule has 1 aromatic heterocycles. The second-order valence-electron chi connectivity index (χ2n) is 2.81. The Morgan fingerprint density at radius 3 is 3.00 bits per heavy atom. The van der Waals surface area contributed by atoms with Crippen LogP contribution < -0.4 is 5.32 Å². The van der Waals surface area contributed by atoms with Crippen molar-refractivity contribution in [3.8, 4) is 12.3 Å². The number of hydrogen-bond acceptors (Lipinski definition) is 3. The highest BCUT2D eigenvalue weighted by Crippen LogP contribution is 1.93. The molecule has 0 saturated heterocycles. The Hall–Kier alpha value is -1.34. The Balaban J connectivity index is 2.44. The van der Waals surface area contributed by atoms with Gasteiger partial charge in [0.15, 0.2) is 0 Å². The van der Waals surface area contributed by atoms with Gasteiger partial charge in [-0.1, -0.05) is 12.8 Å². The van der Waals surface area contributed by atoms with Crippen LogP contribution in [0.1, 0.15) is 19.2 Å². The standard InChI is InChI=1S/C9H14N4/c1-4-8(5-2)10-6-9-11-7-12-13(9)3/h1,7-8,10H,5-6H2,2-3H3. The number of hydrogen-bond donors (Lipinski definition) is 1. The van der Waals surface area contributed by atoms with Crippen LogP contribution in [0.25, 0.3) is 0 Å². The fourth-order valence-electron chi connectivity index (χ4n) is 1.02. The van der Waals surface area contributed by atoms with E-state index in [9.17, 15) is 0 Å². The van der Waals surface area contributed by atoms with Crippen molar-refractivity contribution in [1.82, 2.24) is 20.1 Å². The molecule has 0 saturated carbocycles. The van der Waals surface area contributed by atoms with E-state index in [1.54, 1.807) is 4.68 Å². The Morgan fingerprint density at radius 2 is 2.54 bits per heavy atom. The Bertz CT molecular complexity index is 297. The van der Waals surface area contributed by atoms with Gasteiger partial charge in [0, 0.05) is 7.05 Å². The molecule has 0 bridgehead atoms. The lowest BCUT2D eigenvalue weighted by Crippen LogP contribution is -2.27. The van der Waals surface area contributed by atoms with Crippen LogP contribution in [0.2, 0.25) is 0 Å². The van der Waals surface area contributed by atoms with Crippen molar-refractivity contribution in [2.45, 2.75) is 25.9 Å². The molecule has 0 radical (unpaired) electrons. The average Bonchev–Trinajstić information content (AvgIpc) is 2.54. The molecule has 0 aromatic carbocycles. The first-order valence-corrected chi connectivity index (χ1v) is 4.30. The Kier molecular flexibility index (Phi) is 3.47. The van der Waals surface area contributed by atoms with Crippen molar-refractivity contribution in [3.63, 3.8) is 0 Å². The molecule has 0 spiro atoms. The molecule has 0 amide bonds. The van der Waals surface area contributed by atoms with Gasteiger partial charge >= 0.3 is 0 Å². The van der Waals surface area contributed by atoms with Crippen molar-refractivity contribution >= 4 is 0 Å². The normalized spacial score (nSPS) is 12.4. The second kappa shape index (κ2) is 4.63. The van der Waals surface area contributed by atoms with Crippen LogP contribution >= 0.6 is 0 Å². The zero-order valence-electron chi connectivity index (χ0n) is 7.99. The van der Waals surface area contributed by atoms with E-state index >= 15 is 0 Å². The van der Waals surface area contributed by atoms with E-state index in [0.717, 1.165) is 12.2 Å². The molecule has 0 aliphatic rings. The highest BCUT2D eigenvalue weighted by molar-refractivity contribution is 4.98. The van der Waals surface area contributed by atoms with E-state index in [1.165, 1.54) is 6.33 Å². The molecule has 1 atom stereocenters. The summed E-state index contributed by atoms with van der Waals surface area (Å²) in [5.74, 6) is 3.56. The third kappa shape index (κ3) is 2.56. The summed E-state index contributed by atoms with van der Waals surface area (Å²) < 4.78 is 1.73. The van der Waals surface area contributed by atoms with E-state index in [4.69, 9.17) is 6.42 Å². The van der Waals surface area contributed by atoms with Crippen LogP contribution in [-0.2, 0) is 13.6 Å². The van der Waals surface area contributed by atoms with Gasteiger partial charge in [-0.3, -0.25) is 10.00 Å². The molecule has 1 heterocycles. The highest BCUT2D eigenvalue weighted by Gasteiger charge is 2.03. The minimum atomic E-state index is 0.122. The number of aromatic nitrogens is 3. The number of rotatable bonds is 4. The smallest absolute Gasteiger partial charge is 0.140 e. The first-order chi connectivity index (χ1) is 6.27. The first-order valence-electron chi connectivity index (χ1n) is 4.30. The molecule has 1 N–H and O–H groups in total. The van der Waals surface area contributed by atoms with Crippen molar-refractivity contribution in [2.24, 2.45) is 7.05 Å². The van der Waals surface area contributed by atoms with Crippen LogP contribution in [0.5, 0.6) is 0 Å². The summed E-state index contributed by atoms with van der Waals surface area (Å²) in [6.07, 6.45) is 7.77. The Labute approximate surface area is 78.4 Å². The van der Waals surface area contributed by atoms with Gasteiger partial charge in [0.05, 0.1) is 12.6 Å². The van der Waals surface area contributed by atoms with Crippen molar-refractivity contribution in [3.05, 3.63) is 12.2 Å². The third-order valence-corrected chi connectivity index (χ3v) is 1.92. The maximum Gasteiger partial charge on any atom is 0.140 e. The lowest BCUT2D eigenvalue weighted by atomic mass is 10.2. The number of terminal acetylenes is 1. The zero-order chi connectivity index (χ0) is 9.68. The molecule has 0 aliphatic carbocycles. The quantitative estimate of drug-likeness (QED) is 0.675. The fraction of sp³-hybridized carbons (Fsp3) is 0.556. The molecule has 4 heteroatoms. The zero-order valence-corrected chi connectivity index (χ0v) is 7.99. The predicted molar refractivity (Wildman–Crippen MR) is 50.8 cm³/mol. The summed E-state index contributed by atoms with van der Waals surface area (Å²) in [6.45, 7) is 2.72. The summed E-state index contributed by atoms with van der Waals surface area (Å²) >= 11 is 0. The van der Waals surface area contributed by atoms with Crippen molar-refractivity contribution < 1.29 is 0 Å². The molecule has 70 valence electrons. The van der Waals surface area contributed by atoms with Gasteiger partial charge in [-0.25, -0.2) is 4.98 Å². The van der Waals surface area contributed by atoms with Crippen molar-refractivity contribution in [1.29, 1.82) is 0 Å². The van der Waals surface area contributed by atoms with Gasteiger partial charge in [-0.15, -0.1) is 6.42 Å². The maximum atomic E-state index is 5.31. The van der Waals surface area contributed by atoms with Crippen LogP contribution in [0.3, 0.4) is 0 Å². The number of aryl methyl sites for hydroxylation is 1. The molecule has 1 unspecified atom stereocenters. The van der Waals surface area contributed by atoms with Gasteiger partial charge in [0.1, 0.15) is 12.2 Å². The van der Waals surface area contributed by atoms with Gasteiger partial charge in [0.2, 0.25) is 0 Å². The predicted octanol–water partition coefficient (Wildman–Crippen LogP) is 0.316. The third-order valence-electron chi connectivity index (χ3n) is 1.92. The summed E-state index contributed by atoms with van der Waals surface area (Å²) in [5, 5.41) is 7.16. The molecule has 1 aromatic rings. The van der Waals surface area contributed by atoms with E-state index in [-0.39, 0.29) is 6.04 Å². The van der Waals surface area contributed by atoms with Crippen LogP contribution in [-0.4, -0.2) is 20.8 Å². The summed E-state index contributed by atoms with van der Waals surface area (Å²) in [7, 11) is 1.86. The maximum absolute atomic E-state index is 5.31. The number of nitrogens with zero attached hydrogens (tertiary/aromatic N) is 3. The van der Waals surface area contributed by atoms with E-state index < -0.39 is 0 Å². The highest BCUT2D eigenvalue weighted by atomic mass is 15.3. The fourth-order valence-corrected chi connectivity index (χ4v) is 1.02. The molecule has 0 fully saturated rings. The molecule has 1 rings (SSSR count). The van der Waals surface area contributed by atoms with Crippen LogP contribution in [0.15, 0.2) is 6.33 Å². The topological polar surface area (TPSA) is 42.7 Å². The molecular formula is C9H14N4. The molecule has 4 nitrogen and oxygen atoms in total. The largest absolute Gasteiger partial charge is 0.297 e. The van der Waals surface area contributed by atoms with Gasteiger partial charge in [-0.05, 0) is 6.42 Å². The van der Waals surface area contributed by atoms with Gasteiger partial charge < -0.3 is 0 Å². The summed E-state index contributed by atoms with van der Waals surface area (Å²) in [6, 6.07) is 0.122. The lowest BCUT2D eigenvalue weighted by Gasteiger charge is -2.09. The lowest BCUT2D eigenvalue weighted by molar-refractivity contribution is 0.556. The minimum absolute atomic E-state index is 0.122. The summed E-state index contributed by atoms with van der Waals surface area (Å²) in [5.41, 5.74) is 0. The molecule has 0 aliphatic heterocycles. The molecule has 13 heavy (non-hydrogen) atoms. The monoisotopic (exact) mass is 178 g/mol. The van der Waals surface area contributed by atoms with E-state index in [1.807, 2.05) is 14.0 Å². The van der Waals surface area contributed by atoms with Crippen LogP contribution in [0.4, 0.5) is 0 Å². The van der Waals surface area contributed by atoms with Crippen molar-refractivity contribution in [2.75, 3.05) is 0 Å². The molecular weight excluding hydrogens is 164 g/mol. The Morgan fingerprint density at radius 1 is 1.77 bits per heavy atom. The van der Waals surface area contributed by atoms with Crippen LogP contribution in [0, 0.1) is 12.3 Å². The van der Waals surface area contributed by atoms with Gasteiger partial charge in [-0.2, -0.15) is 5.10 Å². The average molecular weight is 178 g/mol.